The van der Waals surface area contributed by atoms with Gasteiger partial charge in [-0.3, -0.25) is 0 Å². The van der Waals surface area contributed by atoms with Gasteiger partial charge in [-0.1, -0.05) is 18.3 Å². The van der Waals surface area contributed by atoms with E-state index in [1.165, 1.54) is 17.4 Å². The highest BCUT2D eigenvalue weighted by molar-refractivity contribution is 7.89. The quantitative estimate of drug-likeness (QED) is 0.811. The predicted molar refractivity (Wildman–Crippen MR) is 87.9 cm³/mol. The third kappa shape index (κ3) is 3.85. The summed E-state index contributed by atoms with van der Waals surface area (Å²) >= 11 is 6.39. The van der Waals surface area contributed by atoms with E-state index in [9.17, 15) is 8.42 Å². The molecule has 3 N–H and O–H groups in total. The molecular weight excluding hydrogens is 326 g/mol. The number of nitrogens with one attached hydrogen (secondary N) is 1. The van der Waals surface area contributed by atoms with Crippen LogP contribution in [0.1, 0.15) is 21.8 Å². The van der Waals surface area contributed by atoms with E-state index in [1.54, 1.807) is 19.1 Å². The van der Waals surface area contributed by atoms with E-state index in [0.717, 1.165) is 10.6 Å². The van der Waals surface area contributed by atoms with Crippen LogP contribution in [0.2, 0.25) is 0 Å². The molecule has 0 amide bonds. The standard InChI is InChI=1S/C13H15N3O2S3/c1-8-5-11(3-4-12(8)13(14)19)21(17,18)15-6-10-7-20-9(2)16-10/h3-5,7,15H,6H2,1-2H3,(H2,14,19). The van der Waals surface area contributed by atoms with E-state index < -0.39 is 10.0 Å². The fourth-order valence-electron chi connectivity index (χ4n) is 1.82. The van der Waals surface area contributed by atoms with Crippen LogP contribution in [0.3, 0.4) is 0 Å². The molecule has 0 saturated heterocycles. The Morgan fingerprint density at radius 1 is 1.43 bits per heavy atom. The molecule has 8 heteroatoms. The van der Waals surface area contributed by atoms with Gasteiger partial charge in [0.1, 0.15) is 4.99 Å². The van der Waals surface area contributed by atoms with E-state index in [-0.39, 0.29) is 16.4 Å². The lowest BCUT2D eigenvalue weighted by atomic mass is 10.1. The maximum atomic E-state index is 12.2. The summed E-state index contributed by atoms with van der Waals surface area (Å²) in [6.45, 7) is 3.82. The number of benzene rings is 1. The number of thiazole rings is 1. The first-order valence-electron chi connectivity index (χ1n) is 6.11. The molecule has 2 aromatic rings. The Morgan fingerprint density at radius 3 is 2.67 bits per heavy atom. The van der Waals surface area contributed by atoms with Crippen LogP contribution in [0, 0.1) is 13.8 Å². The van der Waals surface area contributed by atoms with Gasteiger partial charge in [0, 0.05) is 10.9 Å². The Bertz CT molecular complexity index is 782. The number of sulfonamides is 1. The van der Waals surface area contributed by atoms with Gasteiger partial charge in [0.05, 0.1) is 22.1 Å². The number of thiocarbonyl (C=S) groups is 1. The molecule has 1 heterocycles. The van der Waals surface area contributed by atoms with Crippen LogP contribution >= 0.6 is 23.6 Å². The molecule has 0 aliphatic rings. The van der Waals surface area contributed by atoms with E-state index >= 15 is 0 Å². The van der Waals surface area contributed by atoms with Gasteiger partial charge in [-0.25, -0.2) is 18.1 Å². The number of nitrogens with two attached hydrogens (primary N) is 1. The number of nitrogens with zero attached hydrogens (tertiary/aromatic N) is 1. The third-order valence-electron chi connectivity index (χ3n) is 2.88. The van der Waals surface area contributed by atoms with Crippen molar-refractivity contribution < 1.29 is 8.42 Å². The predicted octanol–water partition coefficient (Wildman–Crippen LogP) is 1.87. The number of aryl methyl sites for hydroxylation is 2. The summed E-state index contributed by atoms with van der Waals surface area (Å²) in [5.41, 5.74) is 7.69. The minimum atomic E-state index is -3.58. The van der Waals surface area contributed by atoms with Crippen LogP contribution in [0.15, 0.2) is 28.5 Å². The second kappa shape index (κ2) is 6.18. The molecule has 0 bridgehead atoms. The summed E-state index contributed by atoms with van der Waals surface area (Å²) < 4.78 is 27.0. The van der Waals surface area contributed by atoms with Gasteiger partial charge < -0.3 is 5.73 Å². The molecule has 0 aliphatic heterocycles. The minimum absolute atomic E-state index is 0.169. The van der Waals surface area contributed by atoms with E-state index in [4.69, 9.17) is 18.0 Å². The normalized spacial score (nSPS) is 11.5. The van der Waals surface area contributed by atoms with Crippen LogP contribution in [-0.4, -0.2) is 18.4 Å². The summed E-state index contributed by atoms with van der Waals surface area (Å²) in [6.07, 6.45) is 0. The van der Waals surface area contributed by atoms with Crippen molar-refractivity contribution in [1.82, 2.24) is 9.71 Å². The maximum Gasteiger partial charge on any atom is 0.240 e. The molecule has 112 valence electrons. The molecule has 0 radical (unpaired) electrons. The van der Waals surface area contributed by atoms with E-state index in [0.29, 0.717) is 11.3 Å². The molecule has 0 unspecified atom stereocenters. The summed E-state index contributed by atoms with van der Waals surface area (Å²) in [4.78, 5) is 4.66. The zero-order chi connectivity index (χ0) is 15.6. The van der Waals surface area contributed by atoms with Crippen molar-refractivity contribution in [2.45, 2.75) is 25.3 Å². The van der Waals surface area contributed by atoms with Gasteiger partial charge in [-0.05, 0) is 31.5 Å². The first-order chi connectivity index (χ1) is 9.79. The Hall–Kier alpha value is -1.35. The molecule has 0 fully saturated rings. The number of rotatable bonds is 5. The monoisotopic (exact) mass is 341 g/mol. The summed E-state index contributed by atoms with van der Waals surface area (Å²) in [5.74, 6) is 0. The zero-order valence-corrected chi connectivity index (χ0v) is 14.0. The average molecular weight is 341 g/mol. The van der Waals surface area contributed by atoms with Gasteiger partial charge in [0.2, 0.25) is 10.0 Å². The minimum Gasteiger partial charge on any atom is -0.389 e. The van der Waals surface area contributed by atoms with Crippen molar-refractivity contribution in [2.24, 2.45) is 5.73 Å². The van der Waals surface area contributed by atoms with Gasteiger partial charge in [-0.15, -0.1) is 11.3 Å². The summed E-state index contributed by atoms with van der Waals surface area (Å²) in [7, 11) is -3.58. The molecule has 21 heavy (non-hydrogen) atoms. The lowest BCUT2D eigenvalue weighted by molar-refractivity contribution is 0.580. The second-order valence-electron chi connectivity index (χ2n) is 4.52. The van der Waals surface area contributed by atoms with Crippen LogP contribution in [0.25, 0.3) is 0 Å². The zero-order valence-electron chi connectivity index (χ0n) is 11.6. The average Bonchev–Trinajstić information content (AvgIpc) is 2.82. The number of hydrogen-bond donors (Lipinski definition) is 2. The highest BCUT2D eigenvalue weighted by atomic mass is 32.2. The largest absolute Gasteiger partial charge is 0.389 e. The Balaban J connectivity index is 2.19. The second-order valence-corrected chi connectivity index (χ2v) is 7.79. The van der Waals surface area contributed by atoms with Gasteiger partial charge in [-0.2, -0.15) is 0 Å². The van der Waals surface area contributed by atoms with Crippen molar-refractivity contribution >= 4 is 38.6 Å². The van der Waals surface area contributed by atoms with Crippen molar-refractivity contribution in [3.8, 4) is 0 Å². The van der Waals surface area contributed by atoms with E-state index in [2.05, 4.69) is 9.71 Å². The molecule has 1 aromatic heterocycles. The Morgan fingerprint density at radius 2 is 2.14 bits per heavy atom. The molecular formula is C13H15N3O2S3. The molecule has 1 aromatic carbocycles. The molecule has 2 rings (SSSR count). The van der Waals surface area contributed by atoms with Crippen LogP contribution in [-0.2, 0) is 16.6 Å². The molecule has 5 nitrogen and oxygen atoms in total. The smallest absolute Gasteiger partial charge is 0.240 e. The maximum absolute atomic E-state index is 12.2. The van der Waals surface area contributed by atoms with Gasteiger partial charge in [0.25, 0.3) is 0 Å². The van der Waals surface area contributed by atoms with E-state index in [1.807, 2.05) is 12.3 Å². The fourth-order valence-corrected chi connectivity index (χ4v) is 3.75. The lowest BCUT2D eigenvalue weighted by Gasteiger charge is -2.09. The fraction of sp³-hybridized carbons (Fsp3) is 0.231. The van der Waals surface area contributed by atoms with Crippen LogP contribution in [0.5, 0.6) is 0 Å². The van der Waals surface area contributed by atoms with Crippen LogP contribution < -0.4 is 10.5 Å². The number of aromatic nitrogens is 1. The lowest BCUT2D eigenvalue weighted by Crippen LogP contribution is -2.24. The topological polar surface area (TPSA) is 85.1 Å². The highest BCUT2D eigenvalue weighted by Gasteiger charge is 2.16. The van der Waals surface area contributed by atoms with Crippen molar-refractivity contribution in [3.05, 3.63) is 45.4 Å². The summed E-state index contributed by atoms with van der Waals surface area (Å²) in [5, 5.41) is 2.74. The number of hydrogen-bond acceptors (Lipinski definition) is 5. The van der Waals surface area contributed by atoms with Gasteiger partial charge in [0.15, 0.2) is 0 Å². The van der Waals surface area contributed by atoms with Gasteiger partial charge >= 0.3 is 0 Å². The molecule has 0 aliphatic carbocycles. The first-order valence-corrected chi connectivity index (χ1v) is 8.88. The summed E-state index contributed by atoms with van der Waals surface area (Å²) in [6, 6.07) is 4.68. The van der Waals surface area contributed by atoms with Crippen molar-refractivity contribution in [1.29, 1.82) is 0 Å². The van der Waals surface area contributed by atoms with Crippen LogP contribution in [0.4, 0.5) is 0 Å². The highest BCUT2D eigenvalue weighted by Crippen LogP contribution is 2.16. The molecule has 0 spiro atoms. The molecule has 0 saturated carbocycles. The molecule has 0 atom stereocenters. The SMILES string of the molecule is Cc1nc(CNS(=O)(=O)c2ccc(C(N)=S)c(C)c2)cs1. The van der Waals surface area contributed by atoms with Crippen molar-refractivity contribution in [3.63, 3.8) is 0 Å². The first kappa shape index (κ1) is 16.0. The Kier molecular flexibility index (Phi) is 4.72. The van der Waals surface area contributed by atoms with Crippen molar-refractivity contribution in [2.75, 3.05) is 0 Å². The Labute approximate surface area is 133 Å². The third-order valence-corrected chi connectivity index (χ3v) is 5.32.